The third-order valence-electron chi connectivity index (χ3n) is 3.52. The molecular formula is C17H24FNO3. The smallest absolute Gasteiger partial charge is 0.410 e. The van der Waals surface area contributed by atoms with Crippen LogP contribution in [-0.2, 0) is 4.74 Å². The highest BCUT2D eigenvalue weighted by Crippen LogP contribution is 2.31. The highest BCUT2D eigenvalue weighted by Gasteiger charge is 2.30. The standard InChI is InChI=1S/C17H24FNO3/c1-5-21-15-9-13(8-14(18)10-15)12-6-7-19(11-12)16(20)22-17(2,3)4/h8-10,12H,5-7,11H2,1-4H3. The van der Waals surface area contributed by atoms with Crippen molar-refractivity contribution in [2.45, 2.75) is 45.6 Å². The molecule has 1 amide bonds. The molecule has 2 rings (SSSR count). The number of amides is 1. The zero-order valence-electron chi connectivity index (χ0n) is 13.7. The minimum atomic E-state index is -0.504. The second kappa shape index (κ2) is 6.55. The van der Waals surface area contributed by atoms with Crippen LogP contribution in [0.3, 0.4) is 0 Å². The minimum Gasteiger partial charge on any atom is -0.494 e. The van der Waals surface area contributed by atoms with Gasteiger partial charge in [0.15, 0.2) is 0 Å². The molecule has 0 aliphatic carbocycles. The summed E-state index contributed by atoms with van der Waals surface area (Å²) >= 11 is 0. The zero-order valence-corrected chi connectivity index (χ0v) is 13.7. The summed E-state index contributed by atoms with van der Waals surface area (Å²) in [6.45, 7) is 9.07. The lowest BCUT2D eigenvalue weighted by Gasteiger charge is -2.24. The van der Waals surface area contributed by atoms with Gasteiger partial charge in [0.2, 0.25) is 0 Å². The molecule has 1 aromatic rings. The summed E-state index contributed by atoms with van der Waals surface area (Å²) in [5.74, 6) is 0.340. The molecule has 0 bridgehead atoms. The maximum absolute atomic E-state index is 13.7. The van der Waals surface area contributed by atoms with Crippen molar-refractivity contribution in [3.63, 3.8) is 0 Å². The van der Waals surface area contributed by atoms with Gasteiger partial charge in [-0.2, -0.15) is 0 Å². The summed E-state index contributed by atoms with van der Waals surface area (Å²) < 4.78 is 24.5. The largest absolute Gasteiger partial charge is 0.494 e. The van der Waals surface area contributed by atoms with E-state index in [9.17, 15) is 9.18 Å². The lowest BCUT2D eigenvalue weighted by molar-refractivity contribution is 0.0292. The number of nitrogens with zero attached hydrogens (tertiary/aromatic N) is 1. The minimum absolute atomic E-state index is 0.113. The number of hydrogen-bond donors (Lipinski definition) is 0. The van der Waals surface area contributed by atoms with Gasteiger partial charge in [0.25, 0.3) is 0 Å². The maximum atomic E-state index is 13.7. The van der Waals surface area contributed by atoms with E-state index < -0.39 is 5.60 Å². The van der Waals surface area contributed by atoms with E-state index in [-0.39, 0.29) is 17.8 Å². The van der Waals surface area contributed by atoms with Crippen LogP contribution >= 0.6 is 0 Å². The Balaban J connectivity index is 2.05. The summed E-state index contributed by atoms with van der Waals surface area (Å²) in [5.41, 5.74) is 0.366. The van der Waals surface area contributed by atoms with E-state index in [0.717, 1.165) is 12.0 Å². The van der Waals surface area contributed by atoms with Gasteiger partial charge >= 0.3 is 6.09 Å². The average molecular weight is 309 g/mol. The number of benzene rings is 1. The molecule has 0 radical (unpaired) electrons. The first kappa shape index (κ1) is 16.6. The lowest BCUT2D eigenvalue weighted by atomic mass is 9.98. The second-order valence-electron chi connectivity index (χ2n) is 6.57. The average Bonchev–Trinajstić information content (AvgIpc) is 2.86. The van der Waals surface area contributed by atoms with Crippen molar-refractivity contribution in [1.29, 1.82) is 0 Å². The Morgan fingerprint density at radius 3 is 2.73 bits per heavy atom. The highest BCUT2D eigenvalue weighted by atomic mass is 19.1. The molecule has 1 aliphatic rings. The molecule has 1 saturated heterocycles. The van der Waals surface area contributed by atoms with E-state index in [1.165, 1.54) is 12.1 Å². The van der Waals surface area contributed by atoms with E-state index >= 15 is 0 Å². The van der Waals surface area contributed by atoms with Crippen LogP contribution in [0.2, 0.25) is 0 Å². The van der Waals surface area contributed by atoms with E-state index in [0.29, 0.717) is 25.4 Å². The quantitative estimate of drug-likeness (QED) is 0.848. The molecule has 122 valence electrons. The van der Waals surface area contributed by atoms with Gasteiger partial charge in [0.1, 0.15) is 17.2 Å². The Morgan fingerprint density at radius 1 is 1.36 bits per heavy atom. The Bertz CT molecular complexity index is 539. The topological polar surface area (TPSA) is 38.8 Å². The predicted octanol–water partition coefficient (Wildman–Crippen LogP) is 3.95. The van der Waals surface area contributed by atoms with Crippen LogP contribution in [0.25, 0.3) is 0 Å². The molecule has 0 aromatic heterocycles. The predicted molar refractivity (Wildman–Crippen MR) is 82.7 cm³/mol. The van der Waals surface area contributed by atoms with Crippen LogP contribution in [0.4, 0.5) is 9.18 Å². The molecule has 5 heteroatoms. The Labute approximate surface area is 131 Å². The first-order valence-electron chi connectivity index (χ1n) is 7.69. The fourth-order valence-electron chi connectivity index (χ4n) is 2.59. The molecule has 0 saturated carbocycles. The molecule has 4 nitrogen and oxygen atoms in total. The molecular weight excluding hydrogens is 285 g/mol. The van der Waals surface area contributed by atoms with E-state index in [4.69, 9.17) is 9.47 Å². The molecule has 1 unspecified atom stereocenters. The first-order chi connectivity index (χ1) is 10.3. The SMILES string of the molecule is CCOc1cc(F)cc(C2CCN(C(=O)OC(C)(C)C)C2)c1. The van der Waals surface area contributed by atoms with Gasteiger partial charge in [-0.25, -0.2) is 9.18 Å². The highest BCUT2D eigenvalue weighted by molar-refractivity contribution is 5.68. The number of carbonyl (C=O) groups is 1. The third-order valence-corrected chi connectivity index (χ3v) is 3.52. The fourth-order valence-corrected chi connectivity index (χ4v) is 2.59. The van der Waals surface area contributed by atoms with Crippen LogP contribution in [0.5, 0.6) is 5.75 Å². The van der Waals surface area contributed by atoms with Crippen molar-refractivity contribution in [2.75, 3.05) is 19.7 Å². The number of ether oxygens (including phenoxy) is 2. The summed E-state index contributed by atoms with van der Waals surface area (Å²) in [7, 11) is 0. The number of likely N-dealkylation sites (tertiary alicyclic amines) is 1. The van der Waals surface area contributed by atoms with Crippen LogP contribution < -0.4 is 4.74 Å². The van der Waals surface area contributed by atoms with Gasteiger partial charge in [-0.1, -0.05) is 0 Å². The van der Waals surface area contributed by atoms with Crippen LogP contribution in [0.1, 0.15) is 45.6 Å². The summed E-state index contributed by atoms with van der Waals surface area (Å²) in [4.78, 5) is 13.8. The first-order valence-corrected chi connectivity index (χ1v) is 7.69. The van der Waals surface area contributed by atoms with Gasteiger partial charge in [-0.05, 0) is 51.8 Å². The van der Waals surface area contributed by atoms with Crippen molar-refractivity contribution in [3.05, 3.63) is 29.6 Å². The Morgan fingerprint density at radius 2 is 2.09 bits per heavy atom. The molecule has 1 heterocycles. The fraction of sp³-hybridized carbons (Fsp3) is 0.588. The van der Waals surface area contributed by atoms with E-state index in [1.807, 2.05) is 33.8 Å². The van der Waals surface area contributed by atoms with Crippen LogP contribution in [-0.4, -0.2) is 36.3 Å². The Hall–Kier alpha value is -1.78. The van der Waals surface area contributed by atoms with Gasteiger partial charge < -0.3 is 14.4 Å². The van der Waals surface area contributed by atoms with Crippen molar-refractivity contribution in [3.8, 4) is 5.75 Å². The number of rotatable bonds is 3. The van der Waals surface area contributed by atoms with Crippen molar-refractivity contribution in [2.24, 2.45) is 0 Å². The zero-order chi connectivity index (χ0) is 16.3. The Kier molecular flexibility index (Phi) is 4.94. The summed E-state index contributed by atoms with van der Waals surface area (Å²) in [6.07, 6.45) is 0.491. The molecule has 1 aromatic carbocycles. The molecule has 1 fully saturated rings. The van der Waals surface area contributed by atoms with Gasteiger partial charge in [-0.3, -0.25) is 0 Å². The maximum Gasteiger partial charge on any atom is 0.410 e. The monoisotopic (exact) mass is 309 g/mol. The molecule has 0 spiro atoms. The van der Waals surface area contributed by atoms with E-state index in [1.54, 1.807) is 4.90 Å². The number of halogens is 1. The third kappa shape index (κ3) is 4.36. The van der Waals surface area contributed by atoms with Gasteiger partial charge in [0, 0.05) is 25.1 Å². The van der Waals surface area contributed by atoms with Crippen molar-refractivity contribution >= 4 is 6.09 Å². The normalized spacial score (nSPS) is 18.4. The van der Waals surface area contributed by atoms with Crippen LogP contribution in [0.15, 0.2) is 18.2 Å². The summed E-state index contributed by atoms with van der Waals surface area (Å²) in [5, 5.41) is 0. The lowest BCUT2D eigenvalue weighted by Crippen LogP contribution is -2.35. The van der Waals surface area contributed by atoms with Gasteiger partial charge in [-0.15, -0.1) is 0 Å². The van der Waals surface area contributed by atoms with Crippen molar-refractivity contribution < 1.29 is 18.7 Å². The van der Waals surface area contributed by atoms with Gasteiger partial charge in [0.05, 0.1) is 6.61 Å². The molecule has 0 N–H and O–H groups in total. The second-order valence-corrected chi connectivity index (χ2v) is 6.57. The number of hydrogen-bond acceptors (Lipinski definition) is 3. The van der Waals surface area contributed by atoms with Crippen molar-refractivity contribution in [1.82, 2.24) is 4.90 Å². The molecule has 1 aliphatic heterocycles. The molecule has 22 heavy (non-hydrogen) atoms. The summed E-state index contributed by atoms with van der Waals surface area (Å²) in [6, 6.07) is 4.76. The van der Waals surface area contributed by atoms with Crippen LogP contribution in [0, 0.1) is 5.82 Å². The number of carbonyl (C=O) groups excluding carboxylic acids is 1. The van der Waals surface area contributed by atoms with E-state index in [2.05, 4.69) is 0 Å². The molecule has 1 atom stereocenters.